The number of nitrogens with zero attached hydrogens (tertiary/aromatic N) is 1. The lowest BCUT2D eigenvalue weighted by Gasteiger charge is -2.08. The first-order valence-corrected chi connectivity index (χ1v) is 2.00. The Balaban J connectivity index is 2.39. The van der Waals surface area contributed by atoms with Crippen molar-refractivity contribution in [1.82, 2.24) is 0 Å². The molecule has 34 valence electrons. The van der Waals surface area contributed by atoms with E-state index in [0.717, 1.165) is 11.2 Å². The summed E-state index contributed by atoms with van der Waals surface area (Å²) < 4.78 is 0.875. The van der Waals surface area contributed by atoms with Gasteiger partial charge in [-0.2, -0.15) is 0 Å². The zero-order valence-electron chi connectivity index (χ0n) is 3.42. The Morgan fingerprint density at radius 1 is 1.83 bits per heavy atom. The maximum Gasteiger partial charge on any atom is 0.258 e. The molecule has 1 aliphatic rings. The normalized spacial score (nSPS) is 32.8. The van der Waals surface area contributed by atoms with Crippen molar-refractivity contribution in [3.05, 3.63) is 4.91 Å². The standard InChI is InChI=1S/C3H7N2O/c4-3-1-2-5(3)6/h3H,1-2,4H2/q+1. The van der Waals surface area contributed by atoms with Crippen molar-refractivity contribution < 1.29 is 4.76 Å². The quantitative estimate of drug-likeness (QED) is 0.403. The van der Waals surface area contributed by atoms with Crippen molar-refractivity contribution in [2.24, 2.45) is 5.73 Å². The van der Waals surface area contributed by atoms with E-state index in [1.807, 2.05) is 0 Å². The third-order valence-electron chi connectivity index (χ3n) is 1.02. The molecule has 1 saturated heterocycles. The second-order valence-corrected chi connectivity index (χ2v) is 1.50. The second kappa shape index (κ2) is 1.01. The molecule has 0 radical (unpaired) electrons. The molecule has 0 bridgehead atoms. The van der Waals surface area contributed by atoms with Crippen LogP contribution in [-0.4, -0.2) is 17.5 Å². The van der Waals surface area contributed by atoms with Gasteiger partial charge in [0, 0.05) is 9.67 Å². The van der Waals surface area contributed by atoms with Crippen LogP contribution in [0.25, 0.3) is 0 Å². The number of nitroso groups, excluding NO2 is 1. The molecule has 1 heterocycles. The number of hydrogen-bond acceptors (Lipinski definition) is 2. The van der Waals surface area contributed by atoms with Crippen LogP contribution in [0, 0.1) is 4.91 Å². The van der Waals surface area contributed by atoms with Gasteiger partial charge in [-0.1, -0.05) is 0 Å². The van der Waals surface area contributed by atoms with E-state index >= 15 is 0 Å². The van der Waals surface area contributed by atoms with Crippen molar-refractivity contribution in [2.75, 3.05) is 6.54 Å². The minimum absolute atomic E-state index is 0.190. The fourth-order valence-corrected chi connectivity index (χ4v) is 0.384. The molecule has 1 fully saturated rings. The monoisotopic (exact) mass is 87.1 g/mol. The third-order valence-corrected chi connectivity index (χ3v) is 1.02. The lowest BCUT2D eigenvalue weighted by molar-refractivity contribution is -0.643. The average molecular weight is 87.1 g/mol. The van der Waals surface area contributed by atoms with Crippen LogP contribution >= 0.6 is 0 Å². The van der Waals surface area contributed by atoms with E-state index in [1.54, 1.807) is 0 Å². The first kappa shape index (κ1) is 3.74. The Morgan fingerprint density at radius 2 is 2.33 bits per heavy atom. The highest BCUT2D eigenvalue weighted by atomic mass is 16.3. The van der Waals surface area contributed by atoms with Gasteiger partial charge in [0.05, 0.1) is 6.42 Å². The summed E-state index contributed by atoms with van der Waals surface area (Å²) >= 11 is 0. The number of rotatable bonds is 0. The summed E-state index contributed by atoms with van der Waals surface area (Å²) in [5, 5.41) is 0. The summed E-state index contributed by atoms with van der Waals surface area (Å²) in [6.07, 6.45) is 0.675. The summed E-state index contributed by atoms with van der Waals surface area (Å²) in [5.41, 5.74) is 5.14. The van der Waals surface area contributed by atoms with Crippen LogP contribution < -0.4 is 5.73 Å². The Hall–Kier alpha value is -0.440. The first-order valence-electron chi connectivity index (χ1n) is 2.00. The zero-order chi connectivity index (χ0) is 4.57. The predicted octanol–water partition coefficient (Wildman–Crippen LogP) is -0.546. The van der Waals surface area contributed by atoms with E-state index in [9.17, 15) is 4.91 Å². The summed E-state index contributed by atoms with van der Waals surface area (Å²) in [5.74, 6) is 0. The minimum atomic E-state index is -0.190. The molecule has 1 rings (SSSR count). The van der Waals surface area contributed by atoms with Gasteiger partial charge in [-0.05, 0) is 0 Å². The molecule has 0 aromatic rings. The molecule has 2 N–H and O–H groups in total. The molecule has 0 aliphatic carbocycles. The van der Waals surface area contributed by atoms with Gasteiger partial charge in [0.25, 0.3) is 6.17 Å². The molecule has 3 nitrogen and oxygen atoms in total. The van der Waals surface area contributed by atoms with Gasteiger partial charge in [0.1, 0.15) is 0 Å². The number of nitrogens with two attached hydrogens (primary N) is 1. The lowest BCUT2D eigenvalue weighted by atomic mass is 10.2. The molecule has 1 unspecified atom stereocenters. The van der Waals surface area contributed by atoms with E-state index in [0.29, 0.717) is 6.54 Å². The smallest absolute Gasteiger partial charge is 0.258 e. The Labute approximate surface area is 35.7 Å². The van der Waals surface area contributed by atoms with Crippen molar-refractivity contribution in [3.63, 3.8) is 0 Å². The maximum absolute atomic E-state index is 10.0. The van der Waals surface area contributed by atoms with Gasteiger partial charge in [0.15, 0.2) is 0 Å². The molecular formula is C3H7N2O+. The summed E-state index contributed by atoms with van der Waals surface area (Å²) in [6, 6.07) is 0. The van der Waals surface area contributed by atoms with Crippen LogP contribution in [0.5, 0.6) is 0 Å². The van der Waals surface area contributed by atoms with Crippen LogP contribution in [0.2, 0.25) is 0 Å². The fourth-order valence-electron chi connectivity index (χ4n) is 0.384. The molecule has 0 spiro atoms. The molecular weight excluding hydrogens is 80.0 g/mol. The van der Waals surface area contributed by atoms with Gasteiger partial charge in [-0.3, -0.25) is 5.73 Å². The van der Waals surface area contributed by atoms with Crippen LogP contribution in [0.4, 0.5) is 0 Å². The topological polar surface area (TPSA) is 46.1 Å². The fraction of sp³-hybridized carbons (Fsp3) is 1.00. The Morgan fingerprint density at radius 3 is 2.33 bits per heavy atom. The van der Waals surface area contributed by atoms with Gasteiger partial charge >= 0.3 is 0 Å². The van der Waals surface area contributed by atoms with Crippen LogP contribution in [0.15, 0.2) is 0 Å². The molecule has 0 amide bonds. The summed E-state index contributed by atoms with van der Waals surface area (Å²) in [6.45, 7) is 0.626. The SMILES string of the molecule is NC1CC[N+]1=O. The van der Waals surface area contributed by atoms with Crippen LogP contribution in [0.3, 0.4) is 0 Å². The van der Waals surface area contributed by atoms with E-state index in [4.69, 9.17) is 5.73 Å². The highest BCUT2D eigenvalue weighted by molar-refractivity contribution is 4.51. The molecule has 3 heteroatoms. The first-order chi connectivity index (χ1) is 2.80. The molecule has 0 aromatic heterocycles. The Bertz CT molecular complexity index is 80.9. The van der Waals surface area contributed by atoms with Crippen LogP contribution in [-0.2, 0) is 0 Å². The van der Waals surface area contributed by atoms with Crippen molar-refractivity contribution in [3.8, 4) is 0 Å². The molecule has 1 atom stereocenters. The molecule has 1 aliphatic heterocycles. The highest BCUT2D eigenvalue weighted by Gasteiger charge is 2.31. The van der Waals surface area contributed by atoms with Gasteiger partial charge < -0.3 is 0 Å². The minimum Gasteiger partial charge on any atom is -0.269 e. The van der Waals surface area contributed by atoms with Crippen molar-refractivity contribution in [1.29, 1.82) is 0 Å². The van der Waals surface area contributed by atoms with E-state index in [2.05, 4.69) is 0 Å². The second-order valence-electron chi connectivity index (χ2n) is 1.50. The van der Waals surface area contributed by atoms with E-state index in [-0.39, 0.29) is 6.17 Å². The third kappa shape index (κ3) is 0.318. The summed E-state index contributed by atoms with van der Waals surface area (Å²) in [4.78, 5) is 10.0. The van der Waals surface area contributed by atoms with E-state index in [1.165, 1.54) is 0 Å². The van der Waals surface area contributed by atoms with Crippen LogP contribution in [0.1, 0.15) is 6.42 Å². The average Bonchev–Trinajstić information content (AvgIpc) is 1.61. The van der Waals surface area contributed by atoms with E-state index < -0.39 is 0 Å². The largest absolute Gasteiger partial charge is 0.269 e. The van der Waals surface area contributed by atoms with Gasteiger partial charge in [-0.15, -0.1) is 0 Å². The predicted molar refractivity (Wildman–Crippen MR) is 21.1 cm³/mol. The highest BCUT2D eigenvalue weighted by Crippen LogP contribution is 2.01. The van der Waals surface area contributed by atoms with Crippen molar-refractivity contribution >= 4 is 0 Å². The van der Waals surface area contributed by atoms with Gasteiger partial charge in [0.2, 0.25) is 6.54 Å². The molecule has 0 saturated carbocycles. The maximum atomic E-state index is 10.0. The molecule has 6 heavy (non-hydrogen) atoms. The summed E-state index contributed by atoms with van der Waals surface area (Å²) in [7, 11) is 0. The number of hydrogen-bond donors (Lipinski definition) is 1. The zero-order valence-corrected chi connectivity index (χ0v) is 3.42. The lowest BCUT2D eigenvalue weighted by Crippen LogP contribution is -2.44. The van der Waals surface area contributed by atoms with Crippen molar-refractivity contribution in [2.45, 2.75) is 12.6 Å². The molecule has 0 aromatic carbocycles. The van der Waals surface area contributed by atoms with Gasteiger partial charge in [-0.25, -0.2) is 0 Å². The Kier molecular flexibility index (Phi) is 0.630.